The molecule has 1 aliphatic heterocycles. The van der Waals surface area contributed by atoms with Crippen LogP contribution in [0, 0.1) is 0 Å². The quantitative estimate of drug-likeness (QED) is 0.699. The van der Waals surface area contributed by atoms with Gasteiger partial charge in [0.1, 0.15) is 11.8 Å². The summed E-state index contributed by atoms with van der Waals surface area (Å²) in [5, 5.41) is 18.7. The molecule has 0 aromatic heterocycles. The fourth-order valence-electron chi connectivity index (χ4n) is 1.75. The van der Waals surface area contributed by atoms with Gasteiger partial charge in [-0.15, -0.1) is 0 Å². The van der Waals surface area contributed by atoms with Crippen LogP contribution in [-0.2, 0) is 9.53 Å². The molecule has 15 heavy (non-hydrogen) atoms. The Hall–Kier alpha value is -1.30. The zero-order chi connectivity index (χ0) is 11.6. The van der Waals surface area contributed by atoms with Crippen LogP contribution in [0.2, 0.25) is 0 Å². The molecule has 2 unspecified atom stereocenters. The van der Waals surface area contributed by atoms with Crippen LogP contribution < -0.4 is 0 Å². The first kappa shape index (κ1) is 11.8. The molecule has 1 amide bonds. The van der Waals surface area contributed by atoms with E-state index in [1.54, 1.807) is 6.92 Å². The Kier molecular flexibility index (Phi) is 3.18. The Morgan fingerprint density at radius 1 is 1.60 bits per heavy atom. The summed E-state index contributed by atoms with van der Waals surface area (Å²) in [5.74, 6) is -1.12. The highest BCUT2D eigenvalue weighted by Crippen LogP contribution is 2.32. The number of hydrogen-bond donors (Lipinski definition) is 2. The summed E-state index contributed by atoms with van der Waals surface area (Å²) in [7, 11) is 0. The molecule has 1 fully saturated rings. The van der Waals surface area contributed by atoms with Crippen molar-refractivity contribution >= 4 is 12.1 Å². The second kappa shape index (κ2) is 4.06. The summed E-state index contributed by atoms with van der Waals surface area (Å²) < 4.78 is 4.71. The topological polar surface area (TPSA) is 87.1 Å². The monoisotopic (exact) mass is 217 g/mol. The zero-order valence-corrected chi connectivity index (χ0v) is 8.77. The summed E-state index contributed by atoms with van der Waals surface area (Å²) in [4.78, 5) is 23.2. The van der Waals surface area contributed by atoms with Gasteiger partial charge >= 0.3 is 12.1 Å². The average Bonchev–Trinajstić information content (AvgIpc) is 2.41. The highest BCUT2D eigenvalue weighted by Gasteiger charge is 2.48. The summed E-state index contributed by atoms with van der Waals surface area (Å²) in [6.07, 6.45) is -0.309. The Morgan fingerprint density at radius 3 is 2.67 bits per heavy atom. The maximum Gasteiger partial charge on any atom is 0.412 e. The summed E-state index contributed by atoms with van der Waals surface area (Å²) >= 11 is 0. The van der Waals surface area contributed by atoms with E-state index in [2.05, 4.69) is 0 Å². The minimum absolute atomic E-state index is 0.151. The van der Waals surface area contributed by atoms with E-state index in [-0.39, 0.29) is 19.4 Å². The van der Waals surface area contributed by atoms with Crippen molar-refractivity contribution in [1.82, 2.24) is 4.90 Å². The first-order chi connectivity index (χ1) is 6.90. The molecule has 2 N–H and O–H groups in total. The zero-order valence-electron chi connectivity index (χ0n) is 8.77. The van der Waals surface area contributed by atoms with E-state index in [0.717, 1.165) is 4.90 Å². The fourth-order valence-corrected chi connectivity index (χ4v) is 1.75. The van der Waals surface area contributed by atoms with Crippen molar-refractivity contribution in [3.05, 3.63) is 0 Å². The summed E-state index contributed by atoms with van der Waals surface area (Å²) in [6, 6.07) is -1.00. The molecule has 1 aliphatic rings. The molecular weight excluding hydrogens is 202 g/mol. The van der Waals surface area contributed by atoms with Gasteiger partial charge in [0.15, 0.2) is 0 Å². The number of hydrogen-bond acceptors (Lipinski definition) is 4. The van der Waals surface area contributed by atoms with E-state index in [4.69, 9.17) is 9.84 Å². The number of aliphatic carboxylic acids is 1. The van der Waals surface area contributed by atoms with E-state index in [1.165, 1.54) is 6.92 Å². The van der Waals surface area contributed by atoms with Crippen LogP contribution in [0.3, 0.4) is 0 Å². The Morgan fingerprint density at radius 2 is 2.20 bits per heavy atom. The molecule has 2 atom stereocenters. The van der Waals surface area contributed by atoms with Crippen molar-refractivity contribution in [3.63, 3.8) is 0 Å². The number of rotatable bonds is 2. The molecule has 0 radical (unpaired) electrons. The second-order valence-electron chi connectivity index (χ2n) is 3.68. The first-order valence-electron chi connectivity index (χ1n) is 4.81. The summed E-state index contributed by atoms with van der Waals surface area (Å²) in [5.41, 5.74) is -1.44. The molecule has 0 bridgehead atoms. The maximum atomic E-state index is 11.5. The molecule has 6 heteroatoms. The molecule has 1 rings (SSSR count). The lowest BCUT2D eigenvalue weighted by Crippen LogP contribution is -2.51. The highest BCUT2D eigenvalue weighted by atomic mass is 16.6. The Labute approximate surface area is 87.4 Å². The Balaban J connectivity index is 2.87. The smallest absolute Gasteiger partial charge is 0.412 e. The van der Waals surface area contributed by atoms with Gasteiger partial charge in [0.2, 0.25) is 0 Å². The van der Waals surface area contributed by atoms with E-state index in [9.17, 15) is 14.7 Å². The normalized spacial score (nSPS) is 30.3. The van der Waals surface area contributed by atoms with Gasteiger partial charge in [0.25, 0.3) is 0 Å². The Bertz CT molecular complexity index is 276. The van der Waals surface area contributed by atoms with Gasteiger partial charge in [-0.1, -0.05) is 0 Å². The third-order valence-corrected chi connectivity index (χ3v) is 2.47. The first-order valence-corrected chi connectivity index (χ1v) is 4.81. The molecule has 1 saturated heterocycles. The van der Waals surface area contributed by atoms with E-state index in [0.29, 0.717) is 0 Å². The molecule has 0 aromatic carbocycles. The van der Waals surface area contributed by atoms with E-state index < -0.39 is 23.8 Å². The van der Waals surface area contributed by atoms with Crippen molar-refractivity contribution < 1.29 is 24.5 Å². The molecule has 6 nitrogen and oxygen atoms in total. The van der Waals surface area contributed by atoms with Crippen molar-refractivity contribution in [2.24, 2.45) is 0 Å². The van der Waals surface area contributed by atoms with Crippen LogP contribution in [-0.4, -0.2) is 45.5 Å². The number of ether oxygens (including phenoxy) is 1. The van der Waals surface area contributed by atoms with Gasteiger partial charge in [0.05, 0.1) is 6.61 Å². The van der Waals surface area contributed by atoms with E-state index in [1.807, 2.05) is 0 Å². The van der Waals surface area contributed by atoms with Crippen molar-refractivity contribution in [3.8, 4) is 0 Å². The molecule has 0 spiro atoms. The molecule has 86 valence electrons. The van der Waals surface area contributed by atoms with Gasteiger partial charge in [-0.25, -0.2) is 9.59 Å². The van der Waals surface area contributed by atoms with Crippen LogP contribution in [0.4, 0.5) is 4.79 Å². The minimum atomic E-state index is -1.44. The number of aliphatic hydroxyl groups is 1. The number of carboxylic acids is 1. The lowest BCUT2D eigenvalue weighted by molar-refractivity contribution is -0.147. The van der Waals surface area contributed by atoms with Gasteiger partial charge in [0, 0.05) is 0 Å². The molecule has 0 aliphatic carbocycles. The van der Waals surface area contributed by atoms with Crippen LogP contribution in [0.5, 0.6) is 0 Å². The lowest BCUT2D eigenvalue weighted by Gasteiger charge is -2.31. The predicted octanol–water partition coefficient (Wildman–Crippen LogP) is 0.400. The van der Waals surface area contributed by atoms with Crippen molar-refractivity contribution in [2.75, 3.05) is 6.61 Å². The molecular formula is C9H15NO5. The van der Waals surface area contributed by atoms with Crippen molar-refractivity contribution in [2.45, 2.75) is 38.5 Å². The minimum Gasteiger partial charge on any atom is -0.480 e. The van der Waals surface area contributed by atoms with E-state index >= 15 is 0 Å². The predicted molar refractivity (Wildman–Crippen MR) is 50.1 cm³/mol. The third kappa shape index (κ3) is 2.20. The molecule has 0 aromatic rings. The van der Waals surface area contributed by atoms with Gasteiger partial charge in [-0.2, -0.15) is 0 Å². The van der Waals surface area contributed by atoms with Gasteiger partial charge in [-0.05, 0) is 26.7 Å². The summed E-state index contributed by atoms with van der Waals surface area (Å²) in [6.45, 7) is 3.18. The van der Waals surface area contributed by atoms with Crippen LogP contribution in [0.1, 0.15) is 26.7 Å². The van der Waals surface area contributed by atoms with Crippen LogP contribution in [0.15, 0.2) is 0 Å². The molecule has 1 heterocycles. The second-order valence-corrected chi connectivity index (χ2v) is 3.68. The lowest BCUT2D eigenvalue weighted by atomic mass is 10.2. The number of carbonyl (C=O) groups excluding carboxylic acids is 1. The largest absolute Gasteiger partial charge is 0.480 e. The average molecular weight is 217 g/mol. The number of amides is 1. The van der Waals surface area contributed by atoms with Crippen molar-refractivity contribution in [1.29, 1.82) is 0 Å². The molecule has 0 saturated carbocycles. The number of likely N-dealkylation sites (tertiary alicyclic amines) is 1. The van der Waals surface area contributed by atoms with Crippen LogP contribution in [0.25, 0.3) is 0 Å². The number of carboxylic acid groups (broad SMARTS) is 1. The maximum absolute atomic E-state index is 11.5. The standard InChI is InChI=1S/C9H15NO5/c1-3-15-8(13)10-6(7(11)12)4-5-9(10,2)14/h6,14H,3-5H2,1-2H3,(H,11,12). The highest BCUT2D eigenvalue weighted by molar-refractivity contribution is 5.81. The SMILES string of the molecule is CCOC(=O)N1C(C(=O)O)CCC1(C)O. The van der Waals surface area contributed by atoms with Gasteiger partial charge in [-0.3, -0.25) is 4.90 Å². The fraction of sp³-hybridized carbons (Fsp3) is 0.778. The van der Waals surface area contributed by atoms with Crippen LogP contribution >= 0.6 is 0 Å². The number of nitrogens with zero attached hydrogens (tertiary/aromatic N) is 1. The third-order valence-electron chi connectivity index (χ3n) is 2.47. The number of carbonyl (C=O) groups is 2. The van der Waals surface area contributed by atoms with Gasteiger partial charge < -0.3 is 14.9 Å².